The molecule has 4 nitrogen and oxygen atoms in total. The molecule has 5 atom stereocenters. The van der Waals surface area contributed by atoms with Gasteiger partial charge in [-0.15, -0.1) is 0 Å². The lowest BCUT2D eigenvalue weighted by Gasteiger charge is -2.33. The van der Waals surface area contributed by atoms with Gasteiger partial charge in [-0.25, -0.2) is 9.59 Å². The van der Waals surface area contributed by atoms with Gasteiger partial charge in [-0.3, -0.25) is 0 Å². The second-order valence-corrected chi connectivity index (χ2v) is 6.77. The Labute approximate surface area is 137 Å². The molecule has 0 heterocycles. The normalized spacial score (nSPS) is 34.2. The van der Waals surface area contributed by atoms with Gasteiger partial charge in [0.15, 0.2) is 0 Å². The lowest BCUT2D eigenvalue weighted by molar-refractivity contribution is -0.301. The summed E-state index contributed by atoms with van der Waals surface area (Å²) in [5.41, 5.74) is 0. The highest BCUT2D eigenvalue weighted by Gasteiger charge is 2.79. The number of ether oxygens (including phenoxy) is 1. The SMILES string of the molecule is O=C(O)C(F)(F)C(F)(F)C(F)(F)C(=O)OC1CC2CC1C1CC=CC21. The molecule has 0 saturated heterocycles. The molecule has 0 radical (unpaired) electrons. The van der Waals surface area contributed by atoms with E-state index in [-0.39, 0.29) is 30.1 Å². The van der Waals surface area contributed by atoms with Crippen LogP contribution in [-0.4, -0.2) is 40.9 Å². The third-order valence-electron chi connectivity index (χ3n) is 5.51. The Hall–Kier alpha value is -1.74. The molecule has 140 valence electrons. The number of hydrogen-bond donors (Lipinski definition) is 1. The maximum absolute atomic E-state index is 13.6. The highest BCUT2D eigenvalue weighted by molar-refractivity contribution is 5.84. The third-order valence-corrected chi connectivity index (χ3v) is 5.51. The minimum Gasteiger partial charge on any atom is -0.477 e. The molecular weight excluding hydrogens is 358 g/mol. The van der Waals surface area contributed by atoms with Gasteiger partial charge in [0, 0.05) is 0 Å². The van der Waals surface area contributed by atoms with Gasteiger partial charge in [0.1, 0.15) is 6.10 Å². The first-order valence-corrected chi connectivity index (χ1v) is 7.66. The number of esters is 1. The average molecular weight is 372 g/mol. The topological polar surface area (TPSA) is 63.6 Å². The van der Waals surface area contributed by atoms with Gasteiger partial charge < -0.3 is 9.84 Å². The van der Waals surface area contributed by atoms with Crippen LogP contribution >= 0.6 is 0 Å². The largest absolute Gasteiger partial charge is 0.477 e. The Kier molecular flexibility index (Phi) is 3.88. The zero-order valence-corrected chi connectivity index (χ0v) is 12.6. The van der Waals surface area contributed by atoms with Crippen LogP contribution in [0.1, 0.15) is 19.3 Å². The predicted octanol–water partition coefficient (Wildman–Crippen LogP) is 3.12. The zero-order valence-electron chi connectivity index (χ0n) is 12.6. The van der Waals surface area contributed by atoms with Crippen LogP contribution in [0.3, 0.4) is 0 Å². The van der Waals surface area contributed by atoms with Gasteiger partial charge in [-0.1, -0.05) is 12.2 Å². The molecule has 2 bridgehead atoms. The van der Waals surface area contributed by atoms with Gasteiger partial charge in [-0.2, -0.15) is 26.3 Å². The van der Waals surface area contributed by atoms with E-state index in [1.807, 2.05) is 12.2 Å². The van der Waals surface area contributed by atoms with Crippen LogP contribution in [0.25, 0.3) is 0 Å². The van der Waals surface area contributed by atoms with Crippen LogP contribution in [0.2, 0.25) is 0 Å². The molecule has 2 saturated carbocycles. The Morgan fingerprint density at radius 1 is 1.00 bits per heavy atom. The van der Waals surface area contributed by atoms with Crippen LogP contribution in [0.5, 0.6) is 0 Å². The monoisotopic (exact) mass is 372 g/mol. The number of rotatable bonds is 5. The van der Waals surface area contributed by atoms with Gasteiger partial charge in [0.05, 0.1) is 0 Å². The van der Waals surface area contributed by atoms with Crippen LogP contribution < -0.4 is 0 Å². The summed E-state index contributed by atoms with van der Waals surface area (Å²) >= 11 is 0. The highest BCUT2D eigenvalue weighted by Crippen LogP contribution is 2.57. The van der Waals surface area contributed by atoms with E-state index < -0.39 is 35.8 Å². The molecule has 3 aliphatic carbocycles. The molecule has 0 aromatic rings. The predicted molar refractivity (Wildman–Crippen MR) is 69.3 cm³/mol. The van der Waals surface area contributed by atoms with E-state index in [4.69, 9.17) is 5.11 Å². The quantitative estimate of drug-likeness (QED) is 0.458. The van der Waals surface area contributed by atoms with Crippen molar-refractivity contribution in [1.29, 1.82) is 0 Å². The highest BCUT2D eigenvalue weighted by atomic mass is 19.3. The molecule has 0 spiro atoms. The summed E-state index contributed by atoms with van der Waals surface area (Å²) in [4.78, 5) is 21.7. The number of carbonyl (C=O) groups is 2. The molecule has 5 unspecified atom stereocenters. The fourth-order valence-electron chi connectivity index (χ4n) is 4.30. The number of aliphatic carboxylic acids is 1. The van der Waals surface area contributed by atoms with Gasteiger partial charge in [0.25, 0.3) is 0 Å². The van der Waals surface area contributed by atoms with Crippen LogP contribution in [0.4, 0.5) is 26.3 Å². The zero-order chi connectivity index (χ0) is 18.8. The number of carboxylic acids is 1. The standard InChI is InChI=1S/C15H14F6O4/c16-13(17,11(22)23)15(20,21)14(18,19)12(24)25-10-5-6-4-9(10)8-3-1-2-7(6)8/h1-2,6-10H,3-5H2,(H,22,23). The summed E-state index contributed by atoms with van der Waals surface area (Å²) in [5.74, 6) is -24.7. The van der Waals surface area contributed by atoms with Crippen molar-refractivity contribution in [3.63, 3.8) is 0 Å². The van der Waals surface area contributed by atoms with Crippen LogP contribution in [0, 0.1) is 23.7 Å². The van der Waals surface area contributed by atoms with E-state index in [1.54, 1.807) is 0 Å². The second-order valence-electron chi connectivity index (χ2n) is 6.77. The molecule has 3 rings (SSSR count). The van der Waals surface area contributed by atoms with E-state index in [0.717, 1.165) is 0 Å². The fraction of sp³-hybridized carbons (Fsp3) is 0.733. The molecule has 0 aromatic heterocycles. The van der Waals surface area contributed by atoms with Crippen molar-refractivity contribution in [2.45, 2.75) is 43.1 Å². The minimum atomic E-state index is -6.42. The molecule has 0 amide bonds. The fourth-order valence-corrected chi connectivity index (χ4v) is 4.30. The molecule has 1 N–H and O–H groups in total. The number of halogens is 6. The van der Waals surface area contributed by atoms with E-state index in [0.29, 0.717) is 12.8 Å². The van der Waals surface area contributed by atoms with Crippen molar-refractivity contribution in [2.24, 2.45) is 23.7 Å². The minimum absolute atomic E-state index is 0.0612. The maximum atomic E-state index is 13.6. The van der Waals surface area contributed by atoms with E-state index in [9.17, 15) is 35.9 Å². The lowest BCUT2D eigenvalue weighted by atomic mass is 9.80. The van der Waals surface area contributed by atoms with Gasteiger partial charge >= 0.3 is 29.7 Å². The van der Waals surface area contributed by atoms with Crippen LogP contribution in [-0.2, 0) is 14.3 Å². The number of hydrogen-bond acceptors (Lipinski definition) is 3. The van der Waals surface area contributed by atoms with Crippen molar-refractivity contribution in [3.05, 3.63) is 12.2 Å². The van der Waals surface area contributed by atoms with Crippen LogP contribution in [0.15, 0.2) is 12.2 Å². The molecule has 0 aromatic carbocycles. The summed E-state index contributed by atoms with van der Waals surface area (Å²) in [7, 11) is 0. The Bertz CT molecular complexity index is 632. The first-order valence-electron chi connectivity index (χ1n) is 7.66. The first-order chi connectivity index (χ1) is 11.4. The van der Waals surface area contributed by atoms with Crippen molar-refractivity contribution < 1.29 is 45.8 Å². The number of alkyl halides is 6. The number of carboxylic acid groups (broad SMARTS) is 1. The van der Waals surface area contributed by atoms with Gasteiger partial charge in [0.2, 0.25) is 0 Å². The molecule has 0 aliphatic heterocycles. The third kappa shape index (κ3) is 2.36. The molecular formula is C15H14F6O4. The Morgan fingerprint density at radius 2 is 1.64 bits per heavy atom. The molecule has 25 heavy (non-hydrogen) atoms. The average Bonchev–Trinajstić information content (AvgIpc) is 3.18. The smallest absolute Gasteiger partial charge is 0.411 e. The molecule has 2 fully saturated rings. The van der Waals surface area contributed by atoms with Crippen molar-refractivity contribution >= 4 is 11.9 Å². The summed E-state index contributed by atoms with van der Waals surface area (Å²) < 4.78 is 84.4. The maximum Gasteiger partial charge on any atom is 0.411 e. The summed E-state index contributed by atoms with van der Waals surface area (Å²) in [6.45, 7) is 0. The summed E-state index contributed by atoms with van der Waals surface area (Å²) in [6, 6.07) is 0. The van der Waals surface area contributed by atoms with Crippen molar-refractivity contribution in [3.8, 4) is 0 Å². The lowest BCUT2D eigenvalue weighted by Crippen LogP contribution is -2.61. The first kappa shape index (κ1) is 18.1. The van der Waals surface area contributed by atoms with Crippen molar-refractivity contribution in [2.75, 3.05) is 0 Å². The van der Waals surface area contributed by atoms with E-state index in [1.165, 1.54) is 0 Å². The molecule has 10 heteroatoms. The summed E-state index contributed by atoms with van der Waals surface area (Å²) in [5, 5.41) is 8.07. The molecule has 3 aliphatic rings. The van der Waals surface area contributed by atoms with Crippen molar-refractivity contribution in [1.82, 2.24) is 0 Å². The number of allylic oxidation sites excluding steroid dienone is 2. The Balaban J connectivity index is 1.74. The number of fused-ring (bicyclic) bond motifs is 5. The second kappa shape index (κ2) is 5.38. The Morgan fingerprint density at radius 3 is 2.24 bits per heavy atom. The number of carbonyl (C=O) groups excluding carboxylic acids is 1. The summed E-state index contributed by atoms with van der Waals surface area (Å²) in [6.07, 6.45) is 4.28. The van der Waals surface area contributed by atoms with E-state index >= 15 is 0 Å². The van der Waals surface area contributed by atoms with Gasteiger partial charge in [-0.05, 0) is 42.9 Å². The van der Waals surface area contributed by atoms with E-state index in [2.05, 4.69) is 4.74 Å².